The van der Waals surface area contributed by atoms with Crippen LogP contribution in [0.15, 0.2) is 91.6 Å². The van der Waals surface area contributed by atoms with Crippen molar-refractivity contribution >= 4 is 28.6 Å². The van der Waals surface area contributed by atoms with E-state index in [0.29, 0.717) is 19.5 Å². The van der Waals surface area contributed by atoms with Crippen LogP contribution in [0.4, 0.5) is 0 Å². The summed E-state index contributed by atoms with van der Waals surface area (Å²) < 4.78 is 1.73. The van der Waals surface area contributed by atoms with E-state index >= 15 is 0 Å². The van der Waals surface area contributed by atoms with Gasteiger partial charge in [-0.15, -0.1) is 6.58 Å². The van der Waals surface area contributed by atoms with Crippen LogP contribution in [0.25, 0.3) is 10.9 Å². The molecule has 2 saturated heterocycles. The normalized spacial score (nSPS) is 18.7. The van der Waals surface area contributed by atoms with Gasteiger partial charge in [-0.05, 0) is 35.2 Å². The number of nitrogens with zero attached hydrogens (tertiary/aromatic N) is 6. The SMILES string of the molecule is C=CCN1CC(=O)N2[C@@H](Cc3ccc(O)cc3)C(=O)N(Cc3cccc4cnn(CCO)c34)C[C@@H]2N1C(=O)CCc1ccccc1. The van der Waals surface area contributed by atoms with Gasteiger partial charge < -0.3 is 20.0 Å². The van der Waals surface area contributed by atoms with Crippen molar-refractivity contribution in [3.05, 3.63) is 108 Å². The van der Waals surface area contributed by atoms with Gasteiger partial charge in [0.2, 0.25) is 17.7 Å². The lowest BCUT2D eigenvalue weighted by atomic mass is 9.97. The third kappa shape index (κ3) is 6.24. The number of aromatic nitrogens is 2. The van der Waals surface area contributed by atoms with Crippen molar-refractivity contribution in [2.75, 3.05) is 26.2 Å². The quantitative estimate of drug-likeness (QED) is 0.247. The number of hydrogen-bond acceptors (Lipinski definition) is 7. The van der Waals surface area contributed by atoms with Crippen molar-refractivity contribution in [2.45, 2.75) is 44.6 Å². The number of aliphatic hydroxyl groups excluding tert-OH is 1. The molecule has 3 aromatic carbocycles. The highest BCUT2D eigenvalue weighted by Gasteiger charge is 2.51. The standard InChI is InChI=1S/C35H38N6O5/c1-2-17-38-24-33(45)40-30(20-26-11-14-29(43)15-12-26)35(46)37(22-28-10-6-9-27-21-36-39(18-19-42)34(27)28)23-31(40)41(38)32(44)16-13-25-7-4-3-5-8-25/h2-12,14-15,21,30-31,42-43H,1,13,16-20,22-24H2/t30-,31-/m0/s1. The average Bonchev–Trinajstić information content (AvgIpc) is 3.47. The lowest BCUT2D eigenvalue weighted by Gasteiger charge is -2.55. The Morgan fingerprint density at radius 2 is 1.78 bits per heavy atom. The van der Waals surface area contributed by atoms with Gasteiger partial charge in [-0.2, -0.15) is 5.10 Å². The summed E-state index contributed by atoms with van der Waals surface area (Å²) in [4.78, 5) is 45.6. The number of benzene rings is 3. The Labute approximate surface area is 267 Å². The van der Waals surface area contributed by atoms with E-state index in [4.69, 9.17) is 0 Å². The third-order valence-corrected chi connectivity index (χ3v) is 8.68. The minimum Gasteiger partial charge on any atom is -0.508 e. The van der Waals surface area contributed by atoms with E-state index in [-0.39, 0.29) is 62.6 Å². The predicted octanol–water partition coefficient (Wildman–Crippen LogP) is 2.72. The maximum absolute atomic E-state index is 14.4. The van der Waals surface area contributed by atoms with Crippen LogP contribution < -0.4 is 0 Å². The molecule has 2 fully saturated rings. The fourth-order valence-electron chi connectivity index (χ4n) is 6.59. The topological polar surface area (TPSA) is 122 Å². The van der Waals surface area contributed by atoms with Crippen molar-refractivity contribution < 1.29 is 24.6 Å². The molecule has 0 spiro atoms. The third-order valence-electron chi connectivity index (χ3n) is 8.68. The van der Waals surface area contributed by atoms with E-state index in [1.165, 1.54) is 0 Å². The van der Waals surface area contributed by atoms with Crippen LogP contribution in [0, 0.1) is 0 Å². The minimum atomic E-state index is -0.868. The van der Waals surface area contributed by atoms with Gasteiger partial charge in [-0.1, -0.05) is 66.7 Å². The Bertz CT molecular complexity index is 1720. The van der Waals surface area contributed by atoms with Gasteiger partial charge >= 0.3 is 0 Å². The Balaban J connectivity index is 1.38. The molecule has 3 amide bonds. The molecule has 0 bridgehead atoms. The number of rotatable bonds is 11. The first-order valence-electron chi connectivity index (χ1n) is 15.5. The van der Waals surface area contributed by atoms with E-state index in [1.54, 1.807) is 61.0 Å². The first-order chi connectivity index (χ1) is 22.4. The van der Waals surface area contributed by atoms with Crippen LogP contribution in [-0.4, -0.2) is 96.0 Å². The zero-order valence-electron chi connectivity index (χ0n) is 25.6. The molecule has 0 unspecified atom stereocenters. The number of carbonyl (C=O) groups excluding carboxylic acids is 3. The lowest BCUT2D eigenvalue weighted by Crippen LogP contribution is -2.75. The van der Waals surface area contributed by atoms with Crippen LogP contribution in [0.5, 0.6) is 5.75 Å². The predicted molar refractivity (Wildman–Crippen MR) is 172 cm³/mol. The molecule has 6 rings (SSSR count). The molecule has 0 saturated carbocycles. The molecule has 4 aromatic rings. The minimum absolute atomic E-state index is 0.0569. The molecule has 0 radical (unpaired) electrons. The summed E-state index contributed by atoms with van der Waals surface area (Å²) >= 11 is 0. The first-order valence-corrected chi connectivity index (χ1v) is 15.5. The highest BCUT2D eigenvalue weighted by Crippen LogP contribution is 2.31. The van der Waals surface area contributed by atoms with Gasteiger partial charge in [0.25, 0.3) is 0 Å². The molecule has 238 valence electrons. The van der Waals surface area contributed by atoms with Gasteiger partial charge in [0.15, 0.2) is 0 Å². The monoisotopic (exact) mass is 622 g/mol. The van der Waals surface area contributed by atoms with Gasteiger partial charge in [0.1, 0.15) is 18.0 Å². The summed E-state index contributed by atoms with van der Waals surface area (Å²) in [6.07, 6.45) is 3.66. The molecule has 3 heterocycles. The van der Waals surface area contributed by atoms with Gasteiger partial charge in [0.05, 0.1) is 38.0 Å². The Kier molecular flexibility index (Phi) is 9.13. The van der Waals surface area contributed by atoms with Crippen molar-refractivity contribution in [3.8, 4) is 5.75 Å². The number of aromatic hydroxyl groups is 1. The molecule has 11 nitrogen and oxygen atoms in total. The second kappa shape index (κ2) is 13.6. The molecule has 2 aliphatic heterocycles. The second-order valence-corrected chi connectivity index (χ2v) is 11.7. The van der Waals surface area contributed by atoms with E-state index < -0.39 is 12.2 Å². The van der Waals surface area contributed by atoms with Gasteiger partial charge in [0, 0.05) is 31.3 Å². The zero-order valence-corrected chi connectivity index (χ0v) is 25.6. The molecule has 2 atom stereocenters. The van der Waals surface area contributed by atoms with E-state index in [2.05, 4.69) is 11.7 Å². The number of amides is 3. The molecular weight excluding hydrogens is 584 g/mol. The van der Waals surface area contributed by atoms with Crippen LogP contribution in [0.1, 0.15) is 23.1 Å². The molecule has 2 aliphatic rings. The van der Waals surface area contributed by atoms with Crippen LogP contribution in [0.2, 0.25) is 0 Å². The highest BCUT2D eigenvalue weighted by molar-refractivity contribution is 5.92. The molecule has 1 aromatic heterocycles. The van der Waals surface area contributed by atoms with Crippen molar-refractivity contribution in [2.24, 2.45) is 0 Å². The van der Waals surface area contributed by atoms with Crippen molar-refractivity contribution in [3.63, 3.8) is 0 Å². The van der Waals surface area contributed by atoms with E-state index in [1.807, 2.05) is 48.5 Å². The summed E-state index contributed by atoms with van der Waals surface area (Å²) in [6.45, 7) is 4.67. The summed E-state index contributed by atoms with van der Waals surface area (Å²) in [5.74, 6) is -0.500. The number of piperazine rings is 1. The molecule has 0 aliphatic carbocycles. The smallest absolute Gasteiger partial charge is 0.246 e. The van der Waals surface area contributed by atoms with E-state index in [9.17, 15) is 24.6 Å². The maximum Gasteiger partial charge on any atom is 0.246 e. The summed E-state index contributed by atoms with van der Waals surface area (Å²) in [6, 6.07) is 21.3. The molecule has 2 N–H and O–H groups in total. The zero-order chi connectivity index (χ0) is 32.2. The second-order valence-electron chi connectivity index (χ2n) is 11.7. The number of phenolic OH excluding ortho intramolecular Hbond substituents is 1. The Hall–Kier alpha value is -5.00. The van der Waals surface area contributed by atoms with Crippen LogP contribution in [0.3, 0.4) is 0 Å². The number of aliphatic hydroxyl groups is 1. The fraction of sp³-hybridized carbons (Fsp3) is 0.314. The first kappa shape index (κ1) is 31.0. The number of hydrazine groups is 1. The summed E-state index contributed by atoms with van der Waals surface area (Å²) in [5.41, 5.74) is 3.49. The highest BCUT2D eigenvalue weighted by atomic mass is 16.3. The number of fused-ring (bicyclic) bond motifs is 2. The molecular formula is C35H38N6O5. The lowest BCUT2D eigenvalue weighted by molar-refractivity contribution is -0.205. The van der Waals surface area contributed by atoms with E-state index in [0.717, 1.165) is 27.6 Å². The Morgan fingerprint density at radius 1 is 1.00 bits per heavy atom. The maximum atomic E-state index is 14.4. The summed E-state index contributed by atoms with van der Waals surface area (Å²) in [5, 5.41) is 28.2. The van der Waals surface area contributed by atoms with Crippen LogP contribution in [-0.2, 0) is 40.3 Å². The number of carbonyl (C=O) groups is 3. The van der Waals surface area contributed by atoms with Gasteiger partial charge in [-0.25, -0.2) is 10.0 Å². The number of para-hydroxylation sites is 1. The molecule has 11 heteroatoms. The summed E-state index contributed by atoms with van der Waals surface area (Å²) in [7, 11) is 0. The largest absolute Gasteiger partial charge is 0.508 e. The Morgan fingerprint density at radius 3 is 2.52 bits per heavy atom. The van der Waals surface area contributed by atoms with Crippen molar-refractivity contribution in [1.82, 2.24) is 29.6 Å². The van der Waals surface area contributed by atoms with Gasteiger partial charge in [-0.3, -0.25) is 19.1 Å². The molecule has 46 heavy (non-hydrogen) atoms. The number of aryl methyl sites for hydroxylation is 1. The fourth-order valence-corrected chi connectivity index (χ4v) is 6.59. The van der Waals surface area contributed by atoms with Crippen LogP contribution >= 0.6 is 0 Å². The number of phenols is 1. The number of hydrogen-bond donors (Lipinski definition) is 2. The van der Waals surface area contributed by atoms with Crippen molar-refractivity contribution in [1.29, 1.82) is 0 Å². The average molecular weight is 623 g/mol.